The number of rotatable bonds is 6. The van der Waals surface area contributed by atoms with E-state index in [0.717, 1.165) is 37.1 Å². The van der Waals surface area contributed by atoms with Crippen molar-refractivity contribution < 1.29 is 9.50 Å². The molecule has 0 amide bonds. The maximum Gasteiger partial charge on any atom is 0.123 e. The standard InChI is InChI=1S/C18H28FNO/c1-4-18(5-2,20-10-6-7-11-20)17(21)13-15-8-9-16(19)12-14(15)3/h8-9,12,17,21H,4-7,10-11,13H2,1-3H3. The Kier molecular flexibility index (Phi) is 5.39. The highest BCUT2D eigenvalue weighted by Crippen LogP contribution is 2.33. The molecule has 1 atom stereocenters. The van der Waals surface area contributed by atoms with Crippen molar-refractivity contribution in [2.75, 3.05) is 13.1 Å². The van der Waals surface area contributed by atoms with E-state index in [1.165, 1.54) is 18.9 Å². The van der Waals surface area contributed by atoms with Crippen molar-refractivity contribution in [1.82, 2.24) is 4.90 Å². The topological polar surface area (TPSA) is 23.5 Å². The van der Waals surface area contributed by atoms with Crippen LogP contribution in [0.15, 0.2) is 18.2 Å². The smallest absolute Gasteiger partial charge is 0.123 e. The van der Waals surface area contributed by atoms with Gasteiger partial charge in [0.05, 0.1) is 6.10 Å². The summed E-state index contributed by atoms with van der Waals surface area (Å²) in [7, 11) is 0. The monoisotopic (exact) mass is 293 g/mol. The van der Waals surface area contributed by atoms with Gasteiger partial charge in [0.25, 0.3) is 0 Å². The zero-order valence-corrected chi connectivity index (χ0v) is 13.5. The molecule has 1 aliphatic rings. The number of benzene rings is 1. The van der Waals surface area contributed by atoms with Crippen LogP contribution in [0.3, 0.4) is 0 Å². The number of hydrogen-bond acceptors (Lipinski definition) is 2. The van der Waals surface area contributed by atoms with Crippen LogP contribution >= 0.6 is 0 Å². The third-order valence-electron chi connectivity index (χ3n) is 5.30. The fourth-order valence-corrected chi connectivity index (χ4v) is 3.83. The zero-order chi connectivity index (χ0) is 15.5. The first-order valence-electron chi connectivity index (χ1n) is 8.21. The first-order chi connectivity index (χ1) is 10.0. The maximum absolute atomic E-state index is 13.2. The van der Waals surface area contributed by atoms with Gasteiger partial charge in [-0.15, -0.1) is 0 Å². The van der Waals surface area contributed by atoms with Gasteiger partial charge in [-0.1, -0.05) is 19.9 Å². The van der Waals surface area contributed by atoms with Crippen molar-refractivity contribution in [3.05, 3.63) is 35.1 Å². The number of hydrogen-bond donors (Lipinski definition) is 1. The van der Waals surface area contributed by atoms with E-state index in [1.54, 1.807) is 6.07 Å². The number of aryl methyl sites for hydroxylation is 1. The minimum absolute atomic E-state index is 0.142. The van der Waals surface area contributed by atoms with Crippen molar-refractivity contribution in [3.63, 3.8) is 0 Å². The fourth-order valence-electron chi connectivity index (χ4n) is 3.83. The Balaban J connectivity index is 2.20. The Morgan fingerprint density at radius 3 is 2.38 bits per heavy atom. The molecule has 1 aliphatic heterocycles. The molecule has 2 rings (SSSR count). The molecule has 1 saturated heterocycles. The van der Waals surface area contributed by atoms with Crippen LogP contribution in [0, 0.1) is 12.7 Å². The van der Waals surface area contributed by atoms with Crippen LogP contribution in [-0.2, 0) is 6.42 Å². The van der Waals surface area contributed by atoms with Crippen LogP contribution in [0.25, 0.3) is 0 Å². The van der Waals surface area contributed by atoms with Gasteiger partial charge in [0, 0.05) is 12.0 Å². The molecule has 21 heavy (non-hydrogen) atoms. The number of halogens is 1. The molecular formula is C18H28FNO. The van der Waals surface area contributed by atoms with Crippen molar-refractivity contribution in [3.8, 4) is 0 Å². The quantitative estimate of drug-likeness (QED) is 0.864. The van der Waals surface area contributed by atoms with Crippen LogP contribution in [-0.4, -0.2) is 34.7 Å². The van der Waals surface area contributed by atoms with Gasteiger partial charge in [0.15, 0.2) is 0 Å². The second kappa shape index (κ2) is 6.89. The van der Waals surface area contributed by atoms with E-state index in [1.807, 2.05) is 13.0 Å². The fraction of sp³-hybridized carbons (Fsp3) is 0.667. The molecule has 0 spiro atoms. The van der Waals surface area contributed by atoms with E-state index in [-0.39, 0.29) is 11.4 Å². The van der Waals surface area contributed by atoms with E-state index >= 15 is 0 Å². The summed E-state index contributed by atoms with van der Waals surface area (Å²) in [4.78, 5) is 2.47. The van der Waals surface area contributed by atoms with Gasteiger partial charge >= 0.3 is 0 Å². The van der Waals surface area contributed by atoms with Gasteiger partial charge in [-0.25, -0.2) is 4.39 Å². The van der Waals surface area contributed by atoms with Crippen LogP contribution in [0.1, 0.15) is 50.7 Å². The van der Waals surface area contributed by atoms with Crippen molar-refractivity contribution >= 4 is 0 Å². The lowest BCUT2D eigenvalue weighted by Crippen LogP contribution is -2.55. The molecule has 118 valence electrons. The molecule has 1 heterocycles. The van der Waals surface area contributed by atoms with E-state index in [9.17, 15) is 9.50 Å². The van der Waals surface area contributed by atoms with Gasteiger partial charge in [-0.3, -0.25) is 4.90 Å². The van der Waals surface area contributed by atoms with Crippen molar-refractivity contribution in [2.24, 2.45) is 0 Å². The molecule has 0 saturated carbocycles. The van der Waals surface area contributed by atoms with Gasteiger partial charge in [-0.2, -0.15) is 0 Å². The average molecular weight is 293 g/mol. The summed E-state index contributed by atoms with van der Waals surface area (Å²) >= 11 is 0. The molecule has 2 nitrogen and oxygen atoms in total. The molecule has 1 unspecified atom stereocenters. The summed E-state index contributed by atoms with van der Waals surface area (Å²) in [6, 6.07) is 4.86. The van der Waals surface area contributed by atoms with Gasteiger partial charge < -0.3 is 5.11 Å². The maximum atomic E-state index is 13.2. The molecule has 0 bridgehead atoms. The largest absolute Gasteiger partial charge is 0.391 e. The summed E-state index contributed by atoms with van der Waals surface area (Å²) in [5.41, 5.74) is 1.84. The highest BCUT2D eigenvalue weighted by Gasteiger charge is 2.41. The number of aliphatic hydroxyl groups excluding tert-OH is 1. The minimum atomic E-state index is -0.408. The molecular weight excluding hydrogens is 265 g/mol. The molecule has 0 aromatic heterocycles. The van der Waals surface area contributed by atoms with E-state index in [4.69, 9.17) is 0 Å². The summed E-state index contributed by atoms with van der Waals surface area (Å²) in [6.07, 6.45) is 4.54. The summed E-state index contributed by atoms with van der Waals surface area (Å²) in [5, 5.41) is 10.9. The average Bonchev–Trinajstić information content (AvgIpc) is 2.99. The Bertz CT molecular complexity index is 464. The van der Waals surface area contributed by atoms with E-state index < -0.39 is 6.10 Å². The SMILES string of the molecule is CCC(CC)(C(O)Cc1ccc(F)cc1C)N1CCCC1. The van der Waals surface area contributed by atoms with Crippen LogP contribution < -0.4 is 0 Å². The number of likely N-dealkylation sites (tertiary alicyclic amines) is 1. The summed E-state index contributed by atoms with van der Waals surface area (Å²) in [5.74, 6) is -0.206. The third kappa shape index (κ3) is 3.29. The Morgan fingerprint density at radius 2 is 1.86 bits per heavy atom. The van der Waals surface area contributed by atoms with Gasteiger partial charge in [-0.05, 0) is 69.0 Å². The molecule has 0 aliphatic carbocycles. The van der Waals surface area contributed by atoms with Gasteiger partial charge in [0.1, 0.15) is 5.82 Å². The number of aliphatic hydroxyl groups is 1. The van der Waals surface area contributed by atoms with Gasteiger partial charge in [0.2, 0.25) is 0 Å². The zero-order valence-electron chi connectivity index (χ0n) is 13.5. The Hall–Kier alpha value is -0.930. The molecule has 1 aromatic carbocycles. The molecule has 1 N–H and O–H groups in total. The van der Waals surface area contributed by atoms with Crippen molar-refractivity contribution in [1.29, 1.82) is 0 Å². The number of nitrogens with zero attached hydrogens (tertiary/aromatic N) is 1. The minimum Gasteiger partial charge on any atom is -0.391 e. The first-order valence-corrected chi connectivity index (χ1v) is 8.21. The Morgan fingerprint density at radius 1 is 1.24 bits per heavy atom. The summed E-state index contributed by atoms with van der Waals surface area (Å²) < 4.78 is 13.2. The first kappa shape index (κ1) is 16.4. The summed E-state index contributed by atoms with van der Waals surface area (Å²) in [6.45, 7) is 8.42. The van der Waals surface area contributed by atoms with E-state index in [2.05, 4.69) is 18.7 Å². The predicted octanol–water partition coefficient (Wildman–Crippen LogP) is 3.69. The lowest BCUT2D eigenvalue weighted by atomic mass is 9.81. The highest BCUT2D eigenvalue weighted by atomic mass is 19.1. The molecule has 3 heteroatoms. The van der Waals surface area contributed by atoms with Crippen molar-refractivity contribution in [2.45, 2.75) is 64.5 Å². The van der Waals surface area contributed by atoms with Crippen LogP contribution in [0.4, 0.5) is 4.39 Å². The molecule has 1 fully saturated rings. The van der Waals surface area contributed by atoms with Crippen LogP contribution in [0.2, 0.25) is 0 Å². The second-order valence-corrected chi connectivity index (χ2v) is 6.30. The van der Waals surface area contributed by atoms with E-state index in [0.29, 0.717) is 6.42 Å². The lowest BCUT2D eigenvalue weighted by Gasteiger charge is -2.44. The second-order valence-electron chi connectivity index (χ2n) is 6.30. The normalized spacial score (nSPS) is 18.1. The predicted molar refractivity (Wildman–Crippen MR) is 85.0 cm³/mol. The Labute approximate surface area is 128 Å². The third-order valence-corrected chi connectivity index (χ3v) is 5.30. The lowest BCUT2D eigenvalue weighted by molar-refractivity contribution is -0.0270. The molecule has 0 radical (unpaired) electrons. The van der Waals surface area contributed by atoms with Crippen LogP contribution in [0.5, 0.6) is 0 Å². The highest BCUT2D eigenvalue weighted by molar-refractivity contribution is 5.27. The molecule has 1 aromatic rings.